The summed E-state index contributed by atoms with van der Waals surface area (Å²) in [5.74, 6) is 0.0784. The normalized spacial score (nSPS) is 11.5. The summed E-state index contributed by atoms with van der Waals surface area (Å²) in [5.41, 5.74) is -0.184. The highest BCUT2D eigenvalue weighted by atomic mass is 32.1. The van der Waals surface area contributed by atoms with Crippen LogP contribution in [0.25, 0.3) is 0 Å². The molecule has 0 spiro atoms. The second-order valence-electron chi connectivity index (χ2n) is 4.18. The number of hydrogen-bond donors (Lipinski definition) is 1. The number of rotatable bonds is 5. The molecule has 0 aliphatic heterocycles. The first-order valence-corrected chi connectivity index (χ1v) is 6.15. The van der Waals surface area contributed by atoms with Gasteiger partial charge in [0.15, 0.2) is 0 Å². The zero-order valence-corrected chi connectivity index (χ0v) is 10.6. The van der Waals surface area contributed by atoms with E-state index in [2.05, 4.69) is 4.98 Å². The van der Waals surface area contributed by atoms with Crippen LogP contribution in [0.1, 0.15) is 38.6 Å². The minimum Gasteiger partial charge on any atom is -0.407 e. The average Bonchev–Trinajstić information content (AvgIpc) is 2.66. The fraction of sp³-hybridized carbons (Fsp3) is 0.636. The van der Waals surface area contributed by atoms with Crippen molar-refractivity contribution in [3.63, 3.8) is 0 Å². The molecule has 1 N–H and O–H groups in total. The lowest BCUT2D eigenvalue weighted by molar-refractivity contribution is -0.134. The zero-order valence-electron chi connectivity index (χ0n) is 9.82. The van der Waals surface area contributed by atoms with Crippen LogP contribution in [0.3, 0.4) is 0 Å². The van der Waals surface area contributed by atoms with Crippen LogP contribution in [-0.4, -0.2) is 22.7 Å². The Balaban J connectivity index is 2.74. The quantitative estimate of drug-likeness (QED) is 0.805. The average molecular weight is 243 g/mol. The Morgan fingerprint density at radius 1 is 1.62 bits per heavy atom. The van der Waals surface area contributed by atoms with E-state index in [4.69, 9.17) is 9.84 Å². The highest BCUT2D eigenvalue weighted by Gasteiger charge is 2.24. The van der Waals surface area contributed by atoms with Crippen molar-refractivity contribution in [2.24, 2.45) is 0 Å². The van der Waals surface area contributed by atoms with E-state index in [9.17, 15) is 4.79 Å². The summed E-state index contributed by atoms with van der Waals surface area (Å²) in [6, 6.07) is 0. The number of thiazole rings is 1. The molecule has 90 valence electrons. The maximum Gasteiger partial charge on any atom is 0.312 e. The molecule has 1 rings (SSSR count). The molecule has 0 bridgehead atoms. The molecule has 1 aromatic rings. The van der Waals surface area contributed by atoms with Gasteiger partial charge in [0, 0.05) is 18.4 Å². The lowest BCUT2D eigenvalue weighted by Gasteiger charge is -2.19. The second kappa shape index (κ2) is 5.41. The van der Waals surface area contributed by atoms with Crippen LogP contribution in [0.15, 0.2) is 5.38 Å². The minimum absolute atomic E-state index is 0.122. The molecular formula is C11H17NO3S. The van der Waals surface area contributed by atoms with Gasteiger partial charge < -0.3 is 9.84 Å². The molecule has 1 aromatic heterocycles. The summed E-state index contributed by atoms with van der Waals surface area (Å²) in [6.07, 6.45) is 0.981. The van der Waals surface area contributed by atoms with Gasteiger partial charge in [0.05, 0.1) is 5.38 Å². The van der Waals surface area contributed by atoms with Gasteiger partial charge in [-0.15, -0.1) is 11.3 Å². The SMILES string of the molecule is CCC(=O)Oc1csc(C(C)(C)CCO)n1. The van der Waals surface area contributed by atoms with Crippen LogP contribution in [0, 0.1) is 0 Å². The number of aliphatic hydroxyl groups is 1. The number of hydrogen-bond acceptors (Lipinski definition) is 5. The van der Waals surface area contributed by atoms with E-state index < -0.39 is 0 Å². The molecule has 0 amide bonds. The Kier molecular flexibility index (Phi) is 4.44. The summed E-state index contributed by atoms with van der Waals surface area (Å²) >= 11 is 1.45. The van der Waals surface area contributed by atoms with Crippen LogP contribution in [0.4, 0.5) is 0 Å². The van der Waals surface area contributed by atoms with E-state index in [0.717, 1.165) is 5.01 Å². The fourth-order valence-corrected chi connectivity index (χ4v) is 2.07. The van der Waals surface area contributed by atoms with Gasteiger partial charge in [-0.3, -0.25) is 4.79 Å². The summed E-state index contributed by atoms with van der Waals surface area (Å²) in [5, 5.41) is 11.5. The first-order chi connectivity index (χ1) is 7.49. The first kappa shape index (κ1) is 13.1. The smallest absolute Gasteiger partial charge is 0.312 e. The van der Waals surface area contributed by atoms with Gasteiger partial charge in [0.1, 0.15) is 5.01 Å². The number of carbonyl (C=O) groups is 1. The maximum atomic E-state index is 11.1. The molecule has 0 aliphatic carbocycles. The molecule has 0 saturated carbocycles. The van der Waals surface area contributed by atoms with Crippen LogP contribution in [-0.2, 0) is 10.2 Å². The Labute approximate surface area is 99.3 Å². The van der Waals surface area contributed by atoms with Gasteiger partial charge in [0.25, 0.3) is 0 Å². The number of esters is 1. The van der Waals surface area contributed by atoms with Crippen molar-refractivity contribution in [3.05, 3.63) is 10.4 Å². The van der Waals surface area contributed by atoms with Crippen molar-refractivity contribution in [1.29, 1.82) is 0 Å². The van der Waals surface area contributed by atoms with E-state index in [1.54, 1.807) is 12.3 Å². The number of ether oxygens (including phenoxy) is 1. The Hall–Kier alpha value is -0.940. The number of nitrogens with zero attached hydrogens (tertiary/aromatic N) is 1. The highest BCUT2D eigenvalue weighted by Crippen LogP contribution is 2.31. The van der Waals surface area contributed by atoms with Crippen molar-refractivity contribution in [1.82, 2.24) is 4.98 Å². The molecule has 0 atom stereocenters. The zero-order chi connectivity index (χ0) is 12.2. The molecule has 0 unspecified atom stereocenters. The molecule has 0 saturated heterocycles. The van der Waals surface area contributed by atoms with Crippen LogP contribution < -0.4 is 4.74 Å². The summed E-state index contributed by atoms with van der Waals surface area (Å²) < 4.78 is 5.02. The molecule has 0 aromatic carbocycles. The number of aromatic nitrogens is 1. The molecule has 16 heavy (non-hydrogen) atoms. The monoisotopic (exact) mass is 243 g/mol. The van der Waals surface area contributed by atoms with Gasteiger partial charge in [-0.2, -0.15) is 0 Å². The van der Waals surface area contributed by atoms with Gasteiger partial charge in [-0.25, -0.2) is 4.98 Å². The standard InChI is InChI=1S/C11H17NO3S/c1-4-9(14)15-8-7-16-10(12-8)11(2,3)5-6-13/h7,13H,4-6H2,1-3H3. The lowest BCUT2D eigenvalue weighted by atomic mass is 9.91. The Morgan fingerprint density at radius 3 is 2.88 bits per heavy atom. The van der Waals surface area contributed by atoms with Crippen LogP contribution in [0.5, 0.6) is 5.88 Å². The van der Waals surface area contributed by atoms with E-state index in [-0.39, 0.29) is 18.0 Å². The number of carbonyl (C=O) groups excluding carboxylic acids is 1. The molecule has 0 aliphatic rings. The number of aliphatic hydroxyl groups excluding tert-OH is 1. The predicted molar refractivity (Wildman–Crippen MR) is 62.8 cm³/mol. The predicted octanol–water partition coefficient (Wildman–Crippen LogP) is 2.12. The third kappa shape index (κ3) is 3.28. The minimum atomic E-state index is -0.281. The van der Waals surface area contributed by atoms with Crippen LogP contribution in [0.2, 0.25) is 0 Å². The molecule has 4 nitrogen and oxygen atoms in total. The van der Waals surface area contributed by atoms with Gasteiger partial charge in [0.2, 0.25) is 5.88 Å². The van der Waals surface area contributed by atoms with E-state index in [1.165, 1.54) is 11.3 Å². The first-order valence-electron chi connectivity index (χ1n) is 5.27. The van der Waals surface area contributed by atoms with E-state index in [0.29, 0.717) is 18.7 Å². The molecule has 1 heterocycles. The van der Waals surface area contributed by atoms with Crippen molar-refractivity contribution in [2.75, 3.05) is 6.61 Å². The van der Waals surface area contributed by atoms with Gasteiger partial charge >= 0.3 is 5.97 Å². The van der Waals surface area contributed by atoms with Crippen molar-refractivity contribution >= 4 is 17.3 Å². The fourth-order valence-electron chi connectivity index (χ4n) is 1.19. The third-order valence-electron chi connectivity index (χ3n) is 2.31. The van der Waals surface area contributed by atoms with Gasteiger partial charge in [-0.05, 0) is 6.42 Å². The largest absolute Gasteiger partial charge is 0.407 e. The second-order valence-corrected chi connectivity index (χ2v) is 5.03. The lowest BCUT2D eigenvalue weighted by Crippen LogP contribution is -2.18. The van der Waals surface area contributed by atoms with E-state index in [1.807, 2.05) is 13.8 Å². The maximum absolute atomic E-state index is 11.1. The Bertz CT molecular complexity index is 360. The summed E-state index contributed by atoms with van der Waals surface area (Å²) in [4.78, 5) is 15.3. The Morgan fingerprint density at radius 2 is 2.31 bits per heavy atom. The molecular weight excluding hydrogens is 226 g/mol. The molecule has 0 radical (unpaired) electrons. The van der Waals surface area contributed by atoms with E-state index >= 15 is 0 Å². The molecule has 0 fully saturated rings. The highest BCUT2D eigenvalue weighted by molar-refractivity contribution is 7.10. The summed E-state index contributed by atoms with van der Waals surface area (Å²) in [7, 11) is 0. The van der Waals surface area contributed by atoms with Crippen molar-refractivity contribution < 1.29 is 14.6 Å². The summed E-state index contributed by atoms with van der Waals surface area (Å²) in [6.45, 7) is 5.88. The van der Waals surface area contributed by atoms with Crippen molar-refractivity contribution in [2.45, 2.75) is 39.0 Å². The third-order valence-corrected chi connectivity index (χ3v) is 3.49. The van der Waals surface area contributed by atoms with Crippen LogP contribution >= 0.6 is 11.3 Å². The van der Waals surface area contributed by atoms with Gasteiger partial charge in [-0.1, -0.05) is 20.8 Å². The van der Waals surface area contributed by atoms with Crippen molar-refractivity contribution in [3.8, 4) is 5.88 Å². The topological polar surface area (TPSA) is 59.4 Å². The molecule has 5 heteroatoms.